The van der Waals surface area contributed by atoms with E-state index in [4.69, 9.17) is 4.74 Å². The van der Waals surface area contributed by atoms with Crippen molar-refractivity contribution >= 4 is 17.7 Å². The topological polar surface area (TPSA) is 96.8 Å². The Bertz CT molecular complexity index is 1120. The highest BCUT2D eigenvalue weighted by molar-refractivity contribution is 6.07. The van der Waals surface area contributed by atoms with Crippen LogP contribution in [0.3, 0.4) is 0 Å². The molecule has 5 rings (SSSR count). The largest absolute Gasteiger partial charge is 0.497 e. The number of likely N-dealkylation sites (tertiary alicyclic amines) is 1. The molecule has 1 saturated carbocycles. The van der Waals surface area contributed by atoms with Crippen molar-refractivity contribution in [1.82, 2.24) is 24.7 Å². The van der Waals surface area contributed by atoms with Gasteiger partial charge in [0.1, 0.15) is 17.0 Å². The van der Waals surface area contributed by atoms with Crippen LogP contribution in [-0.2, 0) is 17.9 Å². The van der Waals surface area contributed by atoms with E-state index in [-0.39, 0.29) is 36.0 Å². The van der Waals surface area contributed by atoms with Crippen LogP contribution < -0.4 is 10.1 Å². The molecule has 0 bridgehead atoms. The Hall–Kier alpha value is -3.36. The van der Waals surface area contributed by atoms with Crippen molar-refractivity contribution in [1.29, 1.82) is 0 Å². The summed E-state index contributed by atoms with van der Waals surface area (Å²) >= 11 is 0. The van der Waals surface area contributed by atoms with E-state index in [1.165, 1.54) is 6.33 Å². The predicted octanol–water partition coefficient (Wildman–Crippen LogP) is 2.60. The number of imidazole rings is 1. The fourth-order valence-electron chi connectivity index (χ4n) is 5.25. The molecule has 0 unspecified atom stereocenters. The third-order valence-electron chi connectivity index (χ3n) is 7.38. The van der Waals surface area contributed by atoms with Gasteiger partial charge in [0.15, 0.2) is 5.69 Å². The molecule has 3 heterocycles. The molecule has 3 amide bonds. The van der Waals surface area contributed by atoms with Gasteiger partial charge in [0.2, 0.25) is 5.91 Å². The first kappa shape index (κ1) is 23.4. The maximum atomic E-state index is 13.8. The van der Waals surface area contributed by atoms with Crippen LogP contribution in [0, 0.1) is 0 Å². The maximum Gasteiger partial charge on any atom is 0.274 e. The van der Waals surface area contributed by atoms with Crippen LogP contribution in [0.1, 0.15) is 72.0 Å². The number of hydrogen-bond donors (Lipinski definition) is 1. The first-order valence-electron chi connectivity index (χ1n) is 12.5. The molecule has 3 aliphatic rings. The lowest BCUT2D eigenvalue weighted by atomic mass is 9.93. The number of rotatable bonds is 6. The molecule has 1 saturated heterocycles. The Morgan fingerprint density at radius 3 is 2.43 bits per heavy atom. The molecule has 1 atom stereocenters. The Labute approximate surface area is 205 Å². The predicted molar refractivity (Wildman–Crippen MR) is 129 cm³/mol. The van der Waals surface area contributed by atoms with Crippen molar-refractivity contribution < 1.29 is 19.1 Å². The molecule has 2 aromatic rings. The van der Waals surface area contributed by atoms with Crippen molar-refractivity contribution in [2.24, 2.45) is 0 Å². The molecular weight excluding hydrogens is 446 g/mol. The van der Waals surface area contributed by atoms with Gasteiger partial charge in [-0.05, 0) is 50.3 Å². The normalized spacial score (nSPS) is 22.4. The van der Waals surface area contributed by atoms with E-state index >= 15 is 0 Å². The Morgan fingerprint density at radius 1 is 1.11 bits per heavy atom. The van der Waals surface area contributed by atoms with Gasteiger partial charge in [-0.3, -0.25) is 14.4 Å². The summed E-state index contributed by atoms with van der Waals surface area (Å²) in [5.41, 5.74) is 0.396. The summed E-state index contributed by atoms with van der Waals surface area (Å²) in [6.45, 7) is 3.81. The highest BCUT2D eigenvalue weighted by Crippen LogP contribution is 2.39. The smallest absolute Gasteiger partial charge is 0.274 e. The van der Waals surface area contributed by atoms with E-state index in [0.717, 1.165) is 49.8 Å². The third kappa shape index (κ3) is 4.39. The van der Waals surface area contributed by atoms with Crippen molar-refractivity contribution in [3.05, 3.63) is 47.5 Å². The van der Waals surface area contributed by atoms with Crippen LogP contribution in [0.15, 0.2) is 30.6 Å². The molecule has 2 fully saturated rings. The van der Waals surface area contributed by atoms with Gasteiger partial charge in [0, 0.05) is 25.7 Å². The van der Waals surface area contributed by atoms with Crippen molar-refractivity contribution in [2.75, 3.05) is 20.2 Å². The van der Waals surface area contributed by atoms with Crippen LogP contribution in [0.2, 0.25) is 0 Å². The summed E-state index contributed by atoms with van der Waals surface area (Å²) in [4.78, 5) is 48.5. The molecule has 0 radical (unpaired) electrons. The number of amides is 3. The second kappa shape index (κ2) is 9.36. The molecule has 2 aliphatic heterocycles. The molecule has 1 aromatic carbocycles. The minimum absolute atomic E-state index is 0.00373. The number of carbonyl (C=O) groups is 3. The highest BCUT2D eigenvalue weighted by atomic mass is 16.5. The summed E-state index contributed by atoms with van der Waals surface area (Å²) in [6.07, 6.45) is 7.42. The molecule has 0 spiro atoms. The van der Waals surface area contributed by atoms with E-state index < -0.39 is 5.54 Å². The summed E-state index contributed by atoms with van der Waals surface area (Å²) in [5.74, 6) is 0.0742. The molecule has 35 heavy (non-hydrogen) atoms. The standard InChI is InChI=1S/C26H33N5O4/c1-26(25(34)27-15-18-7-11-20(35-2)12-8-18)16-30-17-28-21(22(30)24(33)31(26)19-9-10-19)23(32)29-13-5-3-4-6-14-29/h7-8,11-12,17,19H,3-6,9-10,13-16H2,1-2H3,(H,27,34)/t26-/m1/s1. The van der Waals surface area contributed by atoms with Crippen molar-refractivity contribution in [3.8, 4) is 5.75 Å². The molecular formula is C26H33N5O4. The minimum atomic E-state index is -1.07. The van der Waals surface area contributed by atoms with Gasteiger partial charge in [-0.2, -0.15) is 0 Å². The van der Waals surface area contributed by atoms with E-state index in [2.05, 4.69) is 10.3 Å². The van der Waals surface area contributed by atoms with Crippen LogP contribution in [-0.4, -0.2) is 68.9 Å². The van der Waals surface area contributed by atoms with Gasteiger partial charge in [-0.1, -0.05) is 25.0 Å². The van der Waals surface area contributed by atoms with Gasteiger partial charge in [0.05, 0.1) is 20.0 Å². The summed E-state index contributed by atoms with van der Waals surface area (Å²) in [7, 11) is 1.61. The zero-order valence-corrected chi connectivity index (χ0v) is 20.5. The highest BCUT2D eigenvalue weighted by Gasteiger charge is 2.53. The second-order valence-electron chi connectivity index (χ2n) is 9.99. The number of nitrogens with zero attached hydrogens (tertiary/aromatic N) is 4. The van der Waals surface area contributed by atoms with E-state index in [9.17, 15) is 14.4 Å². The van der Waals surface area contributed by atoms with E-state index in [0.29, 0.717) is 25.3 Å². The number of benzene rings is 1. The fourth-order valence-corrected chi connectivity index (χ4v) is 5.25. The zero-order valence-electron chi connectivity index (χ0n) is 20.5. The van der Waals surface area contributed by atoms with Gasteiger partial charge in [-0.25, -0.2) is 4.98 Å². The van der Waals surface area contributed by atoms with Crippen LogP contribution >= 0.6 is 0 Å². The quantitative estimate of drug-likeness (QED) is 0.687. The van der Waals surface area contributed by atoms with Gasteiger partial charge in [0.25, 0.3) is 11.8 Å². The number of aromatic nitrogens is 2. The number of hydrogen-bond acceptors (Lipinski definition) is 5. The molecule has 186 valence electrons. The first-order valence-corrected chi connectivity index (χ1v) is 12.5. The lowest BCUT2D eigenvalue weighted by Gasteiger charge is -2.44. The van der Waals surface area contributed by atoms with Crippen LogP contribution in [0.25, 0.3) is 0 Å². The molecule has 1 aliphatic carbocycles. The number of carbonyl (C=O) groups excluding carboxylic acids is 3. The number of fused-ring (bicyclic) bond motifs is 1. The molecule has 9 heteroatoms. The molecule has 1 aromatic heterocycles. The summed E-state index contributed by atoms with van der Waals surface area (Å²) in [5, 5.41) is 3.02. The molecule has 1 N–H and O–H groups in total. The lowest BCUT2D eigenvalue weighted by Crippen LogP contribution is -2.64. The third-order valence-corrected chi connectivity index (χ3v) is 7.38. The lowest BCUT2D eigenvalue weighted by molar-refractivity contribution is -0.133. The van der Waals surface area contributed by atoms with Gasteiger partial charge in [-0.15, -0.1) is 0 Å². The van der Waals surface area contributed by atoms with E-state index in [1.54, 1.807) is 16.6 Å². The molecule has 9 nitrogen and oxygen atoms in total. The maximum absolute atomic E-state index is 13.8. The van der Waals surface area contributed by atoms with Crippen LogP contribution in [0.5, 0.6) is 5.75 Å². The number of ether oxygens (including phenoxy) is 1. The number of methoxy groups -OCH3 is 1. The van der Waals surface area contributed by atoms with Crippen LogP contribution in [0.4, 0.5) is 0 Å². The second-order valence-corrected chi connectivity index (χ2v) is 9.99. The van der Waals surface area contributed by atoms with Gasteiger partial charge < -0.3 is 24.4 Å². The minimum Gasteiger partial charge on any atom is -0.497 e. The van der Waals surface area contributed by atoms with E-state index in [1.807, 2.05) is 36.1 Å². The van der Waals surface area contributed by atoms with Gasteiger partial charge >= 0.3 is 0 Å². The fraction of sp³-hybridized carbons (Fsp3) is 0.538. The average Bonchev–Trinajstić information content (AvgIpc) is 3.65. The van der Waals surface area contributed by atoms with Crippen molar-refractivity contribution in [2.45, 2.75) is 70.1 Å². The Kier molecular flexibility index (Phi) is 6.25. The summed E-state index contributed by atoms with van der Waals surface area (Å²) in [6, 6.07) is 7.51. The zero-order chi connectivity index (χ0) is 24.6. The van der Waals surface area contributed by atoms with Crippen molar-refractivity contribution in [3.63, 3.8) is 0 Å². The SMILES string of the molecule is COc1ccc(CNC(=O)[C@@]2(C)Cn3cnc(C(=O)N4CCCCCC4)c3C(=O)N2C2CC2)cc1. The summed E-state index contributed by atoms with van der Waals surface area (Å²) < 4.78 is 6.89. The average molecular weight is 480 g/mol. The Balaban J connectivity index is 1.38. The Morgan fingerprint density at radius 2 is 1.80 bits per heavy atom. The number of nitrogens with one attached hydrogen (secondary N) is 1. The monoisotopic (exact) mass is 479 g/mol. The first-order chi connectivity index (χ1) is 16.9.